The van der Waals surface area contributed by atoms with E-state index in [1.54, 1.807) is 6.07 Å². The van der Waals surface area contributed by atoms with E-state index < -0.39 is 0 Å². The largest absolute Gasteiger partial charge is 0.508 e. The van der Waals surface area contributed by atoms with E-state index in [0.717, 1.165) is 57.1 Å². The van der Waals surface area contributed by atoms with Crippen molar-refractivity contribution in [3.05, 3.63) is 53.2 Å². The quantitative estimate of drug-likeness (QED) is 0.308. The Kier molecular flexibility index (Phi) is 8.75. The molecule has 2 aromatic carbocycles. The molecule has 0 unspecified atom stereocenters. The fourth-order valence-corrected chi connectivity index (χ4v) is 4.40. The van der Waals surface area contributed by atoms with Gasteiger partial charge in [0.15, 0.2) is 5.69 Å². The van der Waals surface area contributed by atoms with Crippen molar-refractivity contribution in [1.82, 2.24) is 30.5 Å². The highest BCUT2D eigenvalue weighted by molar-refractivity contribution is 5.98. The van der Waals surface area contributed by atoms with Crippen LogP contribution in [0.4, 0.5) is 0 Å². The summed E-state index contributed by atoms with van der Waals surface area (Å²) < 4.78 is 6.85. The number of ether oxygens (including phenoxy) is 1. The third-order valence-corrected chi connectivity index (χ3v) is 6.46. The zero-order chi connectivity index (χ0) is 26.4. The molecule has 1 aliphatic heterocycles. The predicted octanol–water partition coefficient (Wildman–Crippen LogP) is 2.64. The number of benzene rings is 2. The normalized spacial score (nSPS) is 14.3. The minimum absolute atomic E-state index is 0.00679. The zero-order valence-electron chi connectivity index (χ0n) is 21.7. The number of nitrogens with zero attached hydrogens (tertiary/aromatic N) is 4. The molecule has 10 heteroatoms. The summed E-state index contributed by atoms with van der Waals surface area (Å²) >= 11 is 0. The lowest BCUT2D eigenvalue weighted by molar-refractivity contribution is 0.0384. The van der Waals surface area contributed by atoms with Crippen LogP contribution in [0.1, 0.15) is 48.3 Å². The van der Waals surface area contributed by atoms with Crippen LogP contribution in [0.3, 0.4) is 0 Å². The van der Waals surface area contributed by atoms with Gasteiger partial charge in [0.2, 0.25) is 0 Å². The van der Waals surface area contributed by atoms with Crippen LogP contribution in [-0.4, -0.2) is 82.0 Å². The summed E-state index contributed by atoms with van der Waals surface area (Å²) in [5, 5.41) is 35.6. The van der Waals surface area contributed by atoms with Gasteiger partial charge < -0.3 is 25.6 Å². The van der Waals surface area contributed by atoms with E-state index in [1.165, 1.54) is 10.7 Å². The Morgan fingerprint density at radius 2 is 1.84 bits per heavy atom. The molecular formula is C27H36N6O4. The summed E-state index contributed by atoms with van der Waals surface area (Å²) in [6, 6.07) is 10.9. The first kappa shape index (κ1) is 26.6. The van der Waals surface area contributed by atoms with Gasteiger partial charge in [-0.2, -0.15) is 0 Å². The average Bonchev–Trinajstić information content (AvgIpc) is 3.32. The number of aromatic nitrogens is 3. The number of hydrogen-bond acceptors (Lipinski definition) is 8. The molecule has 1 aromatic heterocycles. The second-order valence-corrected chi connectivity index (χ2v) is 9.44. The van der Waals surface area contributed by atoms with Gasteiger partial charge in [-0.3, -0.25) is 9.69 Å². The number of rotatable bonds is 10. The van der Waals surface area contributed by atoms with Gasteiger partial charge in [0.05, 0.1) is 13.2 Å². The number of phenols is 2. The fraction of sp³-hybridized carbons (Fsp3) is 0.444. The van der Waals surface area contributed by atoms with Crippen molar-refractivity contribution in [1.29, 1.82) is 0 Å². The van der Waals surface area contributed by atoms with Crippen molar-refractivity contribution in [3.63, 3.8) is 0 Å². The number of morpholine rings is 1. The van der Waals surface area contributed by atoms with Gasteiger partial charge in [0.1, 0.15) is 22.9 Å². The van der Waals surface area contributed by atoms with Gasteiger partial charge in [-0.15, -0.1) is 5.10 Å². The maximum atomic E-state index is 12.8. The molecule has 1 fully saturated rings. The minimum Gasteiger partial charge on any atom is -0.508 e. The van der Waals surface area contributed by atoms with Crippen molar-refractivity contribution in [2.24, 2.45) is 0 Å². The van der Waals surface area contributed by atoms with Crippen LogP contribution in [0.2, 0.25) is 0 Å². The second kappa shape index (κ2) is 12.2. The first-order valence-corrected chi connectivity index (χ1v) is 12.8. The molecule has 1 saturated heterocycles. The van der Waals surface area contributed by atoms with Crippen molar-refractivity contribution >= 4 is 5.91 Å². The van der Waals surface area contributed by atoms with Crippen LogP contribution >= 0.6 is 0 Å². The van der Waals surface area contributed by atoms with Crippen molar-refractivity contribution in [2.45, 2.75) is 33.2 Å². The van der Waals surface area contributed by atoms with Crippen LogP contribution in [-0.2, 0) is 11.3 Å². The SMILES string of the molecule is CCNC(=O)c1nnn(-c2cc(C(C)C)c(O)cc2O)c1-c1ccc(CNCCN2CCOCC2)cc1. The number of phenolic OH excluding ortho intramolecular Hbond substituents is 2. The molecule has 0 spiro atoms. The highest BCUT2D eigenvalue weighted by Crippen LogP contribution is 2.36. The smallest absolute Gasteiger partial charge is 0.274 e. The highest BCUT2D eigenvalue weighted by Gasteiger charge is 2.24. The van der Waals surface area contributed by atoms with Gasteiger partial charge >= 0.3 is 0 Å². The molecule has 37 heavy (non-hydrogen) atoms. The molecule has 4 rings (SSSR count). The molecule has 0 aliphatic carbocycles. The number of carbonyl (C=O) groups excluding carboxylic acids is 1. The Bertz CT molecular complexity index is 1200. The Labute approximate surface area is 217 Å². The van der Waals surface area contributed by atoms with Crippen molar-refractivity contribution in [2.75, 3.05) is 45.9 Å². The second-order valence-electron chi connectivity index (χ2n) is 9.44. The summed E-state index contributed by atoms with van der Waals surface area (Å²) in [6.07, 6.45) is 0. The minimum atomic E-state index is -0.347. The summed E-state index contributed by atoms with van der Waals surface area (Å²) in [7, 11) is 0. The lowest BCUT2D eigenvalue weighted by Crippen LogP contribution is -2.40. The third-order valence-electron chi connectivity index (χ3n) is 6.46. The van der Waals surface area contributed by atoms with Crippen LogP contribution in [0, 0.1) is 0 Å². The van der Waals surface area contributed by atoms with Gasteiger partial charge in [-0.05, 0) is 30.0 Å². The lowest BCUT2D eigenvalue weighted by atomic mass is 10.0. The molecule has 1 aliphatic rings. The molecule has 2 heterocycles. The third kappa shape index (κ3) is 6.27. The standard InChI is InChI=1S/C27H36N6O4/c1-4-29-27(36)25-26(33(31-30-25)22-15-21(18(2)3)23(34)16-24(22)35)20-7-5-19(6-8-20)17-28-9-10-32-11-13-37-14-12-32/h5-8,15-16,18,28,34-35H,4,9-14,17H2,1-3H3,(H,29,36). The molecule has 198 valence electrons. The first-order chi connectivity index (χ1) is 17.9. The van der Waals surface area contributed by atoms with E-state index in [4.69, 9.17) is 4.74 Å². The number of carbonyl (C=O) groups is 1. The van der Waals surface area contributed by atoms with Gasteiger partial charge in [0.25, 0.3) is 5.91 Å². The topological polar surface area (TPSA) is 125 Å². The first-order valence-electron chi connectivity index (χ1n) is 12.8. The Hall–Kier alpha value is -3.47. The van der Waals surface area contributed by atoms with E-state index in [9.17, 15) is 15.0 Å². The van der Waals surface area contributed by atoms with E-state index >= 15 is 0 Å². The van der Waals surface area contributed by atoms with Gasteiger partial charge in [-0.25, -0.2) is 4.68 Å². The molecule has 0 radical (unpaired) electrons. The monoisotopic (exact) mass is 508 g/mol. The van der Waals surface area contributed by atoms with E-state index in [-0.39, 0.29) is 29.0 Å². The van der Waals surface area contributed by atoms with Crippen LogP contribution in [0.5, 0.6) is 11.5 Å². The zero-order valence-corrected chi connectivity index (χ0v) is 21.7. The van der Waals surface area contributed by atoms with Crippen LogP contribution < -0.4 is 10.6 Å². The van der Waals surface area contributed by atoms with E-state index in [1.807, 2.05) is 45.0 Å². The summed E-state index contributed by atoms with van der Waals surface area (Å²) in [5.41, 5.74) is 3.48. The number of hydrogen-bond donors (Lipinski definition) is 4. The predicted molar refractivity (Wildman–Crippen MR) is 141 cm³/mol. The average molecular weight is 509 g/mol. The Morgan fingerprint density at radius 3 is 2.51 bits per heavy atom. The maximum Gasteiger partial charge on any atom is 0.274 e. The molecule has 4 N–H and O–H groups in total. The number of amides is 1. The summed E-state index contributed by atoms with van der Waals surface area (Å²) in [5.74, 6) is -0.479. The molecule has 10 nitrogen and oxygen atoms in total. The maximum absolute atomic E-state index is 12.8. The molecule has 0 saturated carbocycles. The summed E-state index contributed by atoms with van der Waals surface area (Å²) in [6.45, 7) is 12.3. The highest BCUT2D eigenvalue weighted by atomic mass is 16.5. The summed E-state index contributed by atoms with van der Waals surface area (Å²) in [4.78, 5) is 15.2. The molecule has 0 bridgehead atoms. The van der Waals surface area contributed by atoms with Crippen molar-refractivity contribution < 1.29 is 19.7 Å². The van der Waals surface area contributed by atoms with Crippen LogP contribution in [0.15, 0.2) is 36.4 Å². The molecule has 3 aromatic rings. The van der Waals surface area contributed by atoms with Gasteiger partial charge in [-0.1, -0.05) is 43.3 Å². The number of aromatic hydroxyl groups is 2. The Morgan fingerprint density at radius 1 is 1.11 bits per heavy atom. The molecule has 1 amide bonds. The van der Waals surface area contributed by atoms with Crippen LogP contribution in [0.25, 0.3) is 16.9 Å². The van der Waals surface area contributed by atoms with Gasteiger partial charge in [0, 0.05) is 50.9 Å². The molecular weight excluding hydrogens is 472 g/mol. The van der Waals surface area contributed by atoms with E-state index in [2.05, 4.69) is 25.8 Å². The van der Waals surface area contributed by atoms with Crippen molar-refractivity contribution in [3.8, 4) is 28.4 Å². The lowest BCUT2D eigenvalue weighted by Gasteiger charge is -2.26. The number of nitrogens with one attached hydrogen (secondary N) is 2. The fourth-order valence-electron chi connectivity index (χ4n) is 4.40. The Balaban J connectivity index is 1.59. The molecule has 0 atom stereocenters. The van der Waals surface area contributed by atoms with E-state index in [0.29, 0.717) is 23.5 Å².